The molecule has 0 aliphatic heterocycles. The summed E-state index contributed by atoms with van der Waals surface area (Å²) in [5.41, 5.74) is 51.1. The summed E-state index contributed by atoms with van der Waals surface area (Å²) < 4.78 is 67.6. The minimum absolute atomic E-state index is 0.0128. The highest BCUT2D eigenvalue weighted by atomic mass is 79.9. The number of anilines is 6. The summed E-state index contributed by atoms with van der Waals surface area (Å²) in [4.78, 5) is 81.0. The average Bonchev–Trinajstić information content (AvgIpc) is 1.60. The maximum atomic E-state index is 13.5. The van der Waals surface area contributed by atoms with Crippen LogP contribution in [0, 0.1) is 37.1 Å². The third-order valence-electron chi connectivity index (χ3n) is 16.4. The number of amides is 1. The fraction of sp³-hybridized carbons (Fsp3) is 0.163. The molecule has 4 aromatic carbocycles. The number of carboxylic acids is 1. The molecule has 0 radical (unpaired) electrons. The molecule has 16 aromatic rings. The molecule has 0 aliphatic rings. The van der Waals surface area contributed by atoms with Crippen LogP contribution in [0.4, 0.5) is 53.0 Å². The highest BCUT2D eigenvalue weighted by Gasteiger charge is 2.24. The van der Waals surface area contributed by atoms with Crippen molar-refractivity contribution in [1.82, 2.24) is 94.4 Å². The lowest BCUT2D eigenvalue weighted by atomic mass is 9.81. The summed E-state index contributed by atoms with van der Waals surface area (Å²) in [5, 5.41) is 42.0. The lowest BCUT2D eigenvalue weighted by Gasteiger charge is -2.21. The van der Waals surface area contributed by atoms with Gasteiger partial charge in [0.05, 0.1) is 112 Å². The van der Waals surface area contributed by atoms with Gasteiger partial charge in [0.25, 0.3) is 0 Å². The molecule has 0 atom stereocenters. The Balaban J connectivity index is 0.000000161. The van der Waals surface area contributed by atoms with Crippen molar-refractivity contribution < 1.29 is 46.7 Å². The van der Waals surface area contributed by atoms with Crippen molar-refractivity contribution in [2.75, 3.05) is 33.8 Å². The molecule has 33 nitrogen and oxygen atoms in total. The standard InChI is InChI=1S/C21H16FN7S.C15H12BrFN6OS.C15H10BrFN6S.C10H9BrFN5.C8H21NOSi2.C6H8BNO2.C5H5NO2S/c1-12-8-14(6-7-24-12)18-19(13-2-4-15(22)5-3-13)27-21(23)29-20(18)26-17(28-29)9-16-10-30-11-25-16;16-12-13(8-1-3-9(17)4-2-8)20-15(18)21-14(12)23-22-11(24)5-10-6-25-7-19-10;16-12-13(8-1-3-9(17)4-2-8)21-15(18)23-14(12)20-11(22-23)5-10-6-24-7-19-10;11-7-8(5-1-3-6(12)4-2-5)15-10(13)16-9(7)17-14;1-8(9-11(2,3)4)10-12(5,6)7;1-5-4-6(7(9)10)2-3-8-5;7-5(8)1-4-2-9-3-6-4/h2-8,10-11H,9H2,1H3,(H2,23,27);1-4,6-7H,5H2,(H,22,24)(H3,18,20,21,23);1-4,6-7H,5H2,(H2,18,21);1-4H,14H2,(H3,13,15,16,17);1-7H3;2-4,9-10H,1H3;2-3H,1H2,(H,7,8). The maximum Gasteiger partial charge on any atom is 0.488 e. The van der Waals surface area contributed by atoms with E-state index in [1.54, 1.807) is 117 Å². The number of carbonyl (C=O) groups excluding carboxylic acids is 1. The molecule has 0 bridgehead atoms. The number of nitrogen functional groups attached to an aromatic ring is 5. The molecule has 1 amide bonds. The van der Waals surface area contributed by atoms with Gasteiger partial charge in [-0.2, -0.15) is 19.0 Å². The van der Waals surface area contributed by atoms with Gasteiger partial charge in [-0.25, -0.2) is 73.2 Å². The van der Waals surface area contributed by atoms with Crippen LogP contribution in [-0.2, 0) is 39.7 Å². The van der Waals surface area contributed by atoms with E-state index in [1.807, 2.05) is 36.7 Å². The first-order valence-electron chi connectivity index (χ1n) is 37.6. The number of fused-ring (bicyclic) bond motifs is 2. The van der Waals surface area contributed by atoms with Crippen molar-refractivity contribution >= 4 is 187 Å². The zero-order valence-electron chi connectivity index (χ0n) is 69.0. The summed E-state index contributed by atoms with van der Waals surface area (Å²) >= 11 is 16.1. The van der Waals surface area contributed by atoms with E-state index in [4.69, 9.17) is 53.3 Å². The van der Waals surface area contributed by atoms with E-state index < -0.39 is 29.6 Å². The minimum Gasteiger partial charge on any atom is -0.535 e. The highest BCUT2D eigenvalue weighted by Crippen LogP contribution is 2.38. The first-order chi connectivity index (χ1) is 60.4. The smallest absolute Gasteiger partial charge is 0.488 e. The number of nitrogens with two attached hydrogens (primary N) is 5. The number of halogens is 7. The molecule has 12 heterocycles. The second-order valence-electron chi connectivity index (χ2n) is 28.7. The zero-order valence-corrected chi connectivity index (χ0v) is 79.0. The van der Waals surface area contributed by atoms with Gasteiger partial charge >= 0.3 is 13.1 Å². The first kappa shape index (κ1) is 96.9. The van der Waals surface area contributed by atoms with Gasteiger partial charge in [-0.1, -0.05) is 0 Å². The number of hydrogen-bond donors (Lipinski definition) is 11. The minimum atomic E-state index is -1.43. The lowest BCUT2D eigenvalue weighted by molar-refractivity contribution is -0.136. The molecule has 0 aliphatic carbocycles. The van der Waals surface area contributed by atoms with Crippen molar-refractivity contribution in [3.05, 3.63) is 260 Å². The number of benzene rings is 4. The van der Waals surface area contributed by atoms with Crippen LogP contribution in [0.3, 0.4) is 0 Å². The summed E-state index contributed by atoms with van der Waals surface area (Å²) in [6.45, 7) is 18.9. The predicted octanol–water partition coefficient (Wildman–Crippen LogP) is 14.9. The summed E-state index contributed by atoms with van der Waals surface area (Å²) in [6.07, 6.45) is 4.46. The Hall–Kier alpha value is -12.3. The molecule has 16 N–H and O–H groups in total. The van der Waals surface area contributed by atoms with Crippen LogP contribution in [-0.4, -0.2) is 146 Å². The zero-order chi connectivity index (χ0) is 91.8. The maximum absolute atomic E-state index is 13.5. The second kappa shape index (κ2) is 45.2. The second-order valence-corrected chi connectivity index (χ2v) is 43.0. The number of thiazole rings is 4. The Bertz CT molecular complexity index is 6380. The number of nitrogens with zero attached hydrogens (tertiary/aromatic N) is 19. The van der Waals surface area contributed by atoms with Crippen LogP contribution in [0.25, 0.3) is 67.5 Å². The number of aliphatic carboxylic acids is 1. The van der Waals surface area contributed by atoms with Crippen LogP contribution in [0.2, 0.25) is 39.3 Å². The monoisotopic (exact) mass is 2020 g/mol. The number of aryl methyl sites for hydroxylation is 2. The van der Waals surface area contributed by atoms with Crippen molar-refractivity contribution in [2.45, 2.75) is 85.7 Å². The summed E-state index contributed by atoms with van der Waals surface area (Å²) in [6, 6.07) is 30.9. The number of carboxylic acid groups (broad SMARTS) is 1. The van der Waals surface area contributed by atoms with Crippen LogP contribution < -0.4 is 50.5 Å². The largest absolute Gasteiger partial charge is 0.535 e. The van der Waals surface area contributed by atoms with Crippen molar-refractivity contribution in [3.63, 3.8) is 0 Å². The Morgan fingerprint density at radius 2 is 0.906 bits per heavy atom. The van der Waals surface area contributed by atoms with E-state index in [2.05, 4.69) is 183 Å². The van der Waals surface area contributed by atoms with Crippen molar-refractivity contribution in [3.8, 4) is 56.2 Å². The Kier molecular flexibility index (Phi) is 34.5. The normalized spacial score (nSPS) is 11.0. The molecule has 12 aromatic heterocycles. The highest BCUT2D eigenvalue weighted by molar-refractivity contribution is 9.11. The van der Waals surface area contributed by atoms with Gasteiger partial charge < -0.3 is 47.9 Å². The number of rotatable bonds is 19. The van der Waals surface area contributed by atoms with Gasteiger partial charge in [0, 0.05) is 74.5 Å². The molecular formula is C80H81BBr3F4N27O6S4Si2. The van der Waals surface area contributed by atoms with Gasteiger partial charge in [0.1, 0.15) is 23.3 Å². The van der Waals surface area contributed by atoms with Gasteiger partial charge in [-0.3, -0.25) is 35.1 Å². The van der Waals surface area contributed by atoms with Crippen LogP contribution in [0.5, 0.6) is 0 Å². The van der Waals surface area contributed by atoms with E-state index in [0.717, 1.165) is 50.9 Å². The van der Waals surface area contributed by atoms with E-state index in [0.29, 0.717) is 112 Å². The van der Waals surface area contributed by atoms with Crippen LogP contribution in [0.15, 0.2) is 195 Å². The fourth-order valence-corrected chi connectivity index (χ4v) is 17.0. The number of hydrazine groups is 2. The van der Waals surface area contributed by atoms with Crippen molar-refractivity contribution in [1.29, 1.82) is 0 Å². The summed E-state index contributed by atoms with van der Waals surface area (Å²) in [7, 11) is -4.15. The van der Waals surface area contributed by atoms with E-state index >= 15 is 0 Å². The Labute approximate surface area is 767 Å². The van der Waals surface area contributed by atoms with E-state index in [9.17, 15) is 27.2 Å². The van der Waals surface area contributed by atoms with Gasteiger partial charge in [-0.05, 0) is 233 Å². The Morgan fingerprint density at radius 3 is 1.31 bits per heavy atom. The van der Waals surface area contributed by atoms with Gasteiger partial charge in [0.15, 0.2) is 48.7 Å². The number of pyridine rings is 2. The molecule has 0 unspecified atom stereocenters. The topological polar surface area (TPSA) is 498 Å². The van der Waals surface area contributed by atoms with Crippen LogP contribution in [0.1, 0.15) is 52.7 Å². The average molecular weight is 2030 g/mol. The number of hydrogen-bond acceptors (Lipinski definition) is 33. The van der Waals surface area contributed by atoms with Crippen molar-refractivity contribution in [2.24, 2.45) is 10.5 Å². The number of carbonyl (C=O) groups is 2. The SMILES string of the molecule is CC(=N[Si](C)(C)C)O[Si](C)(C)C.Cc1cc(-c2c(-c3ccc(F)cc3)nc(N)n3nc(Cc4cscn4)nc23)ccn1.Cc1cc(B(O)O)ccn1.NNc1nc(N)nc(-c2ccc(F)cc2)c1Br.Nc1nc(-c2ccc(F)cc2)c(Br)c2nc(Cc3cscn3)nn12.Nc1nc(NNC(=O)Cc2cscn2)c(Br)c(-c2ccc(F)cc2)n1.O=C(O)Cc1cscn1. The molecule has 0 saturated carbocycles. The quantitative estimate of drug-likeness (QED) is 0.00894. The number of aromatic nitrogens is 18. The van der Waals surface area contributed by atoms with E-state index in [-0.39, 0.29) is 65.8 Å². The van der Waals surface area contributed by atoms with Crippen LogP contribution >= 0.6 is 93.1 Å². The van der Waals surface area contributed by atoms with E-state index in [1.165, 1.54) is 98.4 Å². The molecule has 0 spiro atoms. The van der Waals surface area contributed by atoms with Gasteiger partial charge in [0.2, 0.25) is 38.0 Å². The number of nitrogens with one attached hydrogen (secondary N) is 3. The Morgan fingerprint density at radius 1 is 0.504 bits per heavy atom. The molecule has 127 heavy (non-hydrogen) atoms. The molecule has 0 fully saturated rings. The third-order valence-corrected chi connectivity index (χ3v) is 23.0. The molecule has 0 saturated heterocycles. The molecule has 47 heteroatoms. The molecule has 656 valence electrons. The predicted molar refractivity (Wildman–Crippen MR) is 504 cm³/mol. The molecule has 16 rings (SSSR count). The van der Waals surface area contributed by atoms with Gasteiger partial charge in [-0.15, -0.1) is 55.5 Å². The first-order valence-corrected chi connectivity index (χ1v) is 50.6. The molecular weight excluding hydrogens is 1950 g/mol. The fourth-order valence-electron chi connectivity index (χ4n) is 11.2. The third kappa shape index (κ3) is 29.1. The lowest BCUT2D eigenvalue weighted by Crippen LogP contribution is -2.31. The summed E-state index contributed by atoms with van der Waals surface area (Å²) in [5.74, 6) is 6.16.